The number of benzene rings is 1. The second-order valence-corrected chi connectivity index (χ2v) is 5.17. The van der Waals surface area contributed by atoms with Crippen molar-refractivity contribution in [1.29, 1.82) is 0 Å². The van der Waals surface area contributed by atoms with E-state index in [2.05, 4.69) is 22.3 Å². The minimum Gasteiger partial charge on any atom is -0.394 e. The zero-order valence-corrected chi connectivity index (χ0v) is 11.4. The lowest BCUT2D eigenvalue weighted by Gasteiger charge is -2.23. The Balaban J connectivity index is 1.89. The highest BCUT2D eigenvalue weighted by Gasteiger charge is 2.09. The molecule has 0 aromatic heterocycles. The van der Waals surface area contributed by atoms with E-state index in [0.29, 0.717) is 6.54 Å². The Hall–Kier alpha value is -1.26. The highest BCUT2D eigenvalue weighted by atomic mass is 16.3. The minimum atomic E-state index is -0.703. The normalized spacial score (nSPS) is 17.9. The van der Waals surface area contributed by atoms with Crippen molar-refractivity contribution in [2.45, 2.75) is 31.8 Å². The zero-order valence-electron chi connectivity index (χ0n) is 11.4. The van der Waals surface area contributed by atoms with E-state index < -0.39 is 6.10 Å². The van der Waals surface area contributed by atoms with Crippen LogP contribution in [-0.4, -0.2) is 42.6 Å². The molecule has 0 bridgehead atoms. The molecule has 4 nitrogen and oxygen atoms in total. The van der Waals surface area contributed by atoms with Gasteiger partial charge in [0.05, 0.1) is 12.7 Å². The van der Waals surface area contributed by atoms with Crippen LogP contribution >= 0.6 is 0 Å². The van der Waals surface area contributed by atoms with Crippen molar-refractivity contribution in [3.63, 3.8) is 0 Å². The molecule has 1 atom stereocenters. The van der Waals surface area contributed by atoms with Crippen LogP contribution in [0, 0.1) is 0 Å². The number of aliphatic hydroxyl groups is 2. The van der Waals surface area contributed by atoms with Gasteiger partial charge in [-0.3, -0.25) is 0 Å². The Morgan fingerprint density at radius 3 is 2.26 bits per heavy atom. The van der Waals surface area contributed by atoms with E-state index in [1.54, 1.807) is 0 Å². The van der Waals surface area contributed by atoms with Crippen LogP contribution in [0.5, 0.6) is 0 Å². The van der Waals surface area contributed by atoms with E-state index in [1.165, 1.54) is 31.4 Å². The van der Waals surface area contributed by atoms with Crippen LogP contribution in [0.15, 0.2) is 24.3 Å². The zero-order chi connectivity index (χ0) is 13.5. The lowest BCUT2D eigenvalue weighted by Crippen LogP contribution is -2.24. The summed E-state index contributed by atoms with van der Waals surface area (Å²) in [5, 5.41) is 21.2. The molecular formula is C15H24N2O2. The third-order valence-electron chi connectivity index (χ3n) is 3.59. The Kier molecular flexibility index (Phi) is 5.48. The number of aliphatic hydroxyl groups excluding tert-OH is 2. The van der Waals surface area contributed by atoms with E-state index in [4.69, 9.17) is 5.11 Å². The summed E-state index contributed by atoms with van der Waals surface area (Å²) in [5.74, 6) is 0. The fraction of sp³-hybridized carbons (Fsp3) is 0.600. The van der Waals surface area contributed by atoms with Crippen LogP contribution in [0.3, 0.4) is 0 Å². The van der Waals surface area contributed by atoms with Gasteiger partial charge >= 0.3 is 0 Å². The smallest absolute Gasteiger partial charge is 0.0942 e. The van der Waals surface area contributed by atoms with Gasteiger partial charge < -0.3 is 20.4 Å². The Labute approximate surface area is 115 Å². The molecule has 1 aromatic rings. The average Bonchev–Trinajstić information content (AvgIpc) is 2.74. The first kappa shape index (κ1) is 14.2. The largest absolute Gasteiger partial charge is 0.394 e. The molecule has 1 aliphatic rings. The molecule has 1 aliphatic heterocycles. The lowest BCUT2D eigenvalue weighted by molar-refractivity contribution is 0.105. The quantitative estimate of drug-likeness (QED) is 0.759. The summed E-state index contributed by atoms with van der Waals surface area (Å²) in [4.78, 5) is 2.44. The molecule has 106 valence electrons. The summed E-state index contributed by atoms with van der Waals surface area (Å²) in [6, 6.07) is 8.31. The summed E-state index contributed by atoms with van der Waals surface area (Å²) in [7, 11) is 0. The van der Waals surface area contributed by atoms with Crippen molar-refractivity contribution in [2.24, 2.45) is 0 Å². The van der Waals surface area contributed by atoms with E-state index in [-0.39, 0.29) is 6.61 Å². The highest BCUT2D eigenvalue weighted by Crippen LogP contribution is 2.21. The summed E-state index contributed by atoms with van der Waals surface area (Å²) in [6.45, 7) is 2.46. The lowest BCUT2D eigenvalue weighted by atomic mass is 10.2. The first-order valence-electron chi connectivity index (χ1n) is 7.17. The number of rotatable bonds is 5. The first-order chi connectivity index (χ1) is 9.29. The summed E-state index contributed by atoms with van der Waals surface area (Å²) >= 11 is 0. The molecule has 19 heavy (non-hydrogen) atoms. The molecule has 1 saturated heterocycles. The van der Waals surface area contributed by atoms with Gasteiger partial charge in [0.25, 0.3) is 0 Å². The molecule has 4 heteroatoms. The van der Waals surface area contributed by atoms with Crippen LogP contribution < -0.4 is 10.2 Å². The van der Waals surface area contributed by atoms with Gasteiger partial charge in [-0.1, -0.05) is 12.8 Å². The number of hydrogen-bond donors (Lipinski definition) is 3. The third-order valence-corrected chi connectivity index (χ3v) is 3.59. The Morgan fingerprint density at radius 1 is 1.05 bits per heavy atom. The number of nitrogens with zero attached hydrogens (tertiary/aromatic N) is 1. The van der Waals surface area contributed by atoms with E-state index in [0.717, 1.165) is 18.8 Å². The fourth-order valence-corrected chi connectivity index (χ4v) is 2.42. The topological polar surface area (TPSA) is 55.7 Å². The maximum atomic E-state index is 9.29. The SMILES string of the molecule is OCC(O)CNc1ccc(N2CCCCCC2)cc1. The second kappa shape index (κ2) is 7.36. The van der Waals surface area contributed by atoms with Gasteiger partial charge in [0.2, 0.25) is 0 Å². The van der Waals surface area contributed by atoms with E-state index in [9.17, 15) is 5.11 Å². The van der Waals surface area contributed by atoms with Gasteiger partial charge in [-0.05, 0) is 37.1 Å². The van der Waals surface area contributed by atoms with Gasteiger partial charge in [-0.25, -0.2) is 0 Å². The predicted molar refractivity (Wildman–Crippen MR) is 78.7 cm³/mol. The minimum absolute atomic E-state index is 0.209. The maximum Gasteiger partial charge on any atom is 0.0942 e. The number of hydrogen-bond acceptors (Lipinski definition) is 4. The van der Waals surface area contributed by atoms with Crippen LogP contribution in [0.1, 0.15) is 25.7 Å². The Morgan fingerprint density at radius 2 is 1.68 bits per heavy atom. The van der Waals surface area contributed by atoms with Crippen molar-refractivity contribution in [3.8, 4) is 0 Å². The molecule has 0 spiro atoms. The van der Waals surface area contributed by atoms with Crippen LogP contribution in [0.2, 0.25) is 0 Å². The van der Waals surface area contributed by atoms with Crippen LogP contribution in [0.25, 0.3) is 0 Å². The van der Waals surface area contributed by atoms with Gasteiger partial charge in [-0.15, -0.1) is 0 Å². The van der Waals surface area contributed by atoms with Crippen molar-refractivity contribution in [3.05, 3.63) is 24.3 Å². The Bertz CT molecular complexity index is 359. The molecule has 0 aliphatic carbocycles. The molecule has 1 fully saturated rings. The number of anilines is 2. The van der Waals surface area contributed by atoms with Crippen LogP contribution in [-0.2, 0) is 0 Å². The van der Waals surface area contributed by atoms with E-state index in [1.807, 2.05) is 12.1 Å². The summed E-state index contributed by atoms with van der Waals surface area (Å²) < 4.78 is 0. The fourth-order valence-electron chi connectivity index (χ4n) is 2.42. The van der Waals surface area contributed by atoms with E-state index >= 15 is 0 Å². The molecule has 1 aromatic carbocycles. The van der Waals surface area contributed by atoms with Gasteiger partial charge in [0.1, 0.15) is 0 Å². The standard InChI is InChI=1S/C15H24N2O2/c18-12-15(19)11-16-13-5-7-14(8-6-13)17-9-3-1-2-4-10-17/h5-8,15-16,18-19H,1-4,9-12H2. The summed E-state index contributed by atoms with van der Waals surface area (Å²) in [5.41, 5.74) is 2.25. The van der Waals surface area contributed by atoms with Crippen LogP contribution in [0.4, 0.5) is 11.4 Å². The van der Waals surface area contributed by atoms with Gasteiger partial charge in [0, 0.05) is 31.0 Å². The molecule has 0 amide bonds. The molecule has 3 N–H and O–H groups in total. The molecule has 1 unspecified atom stereocenters. The summed E-state index contributed by atoms with van der Waals surface area (Å²) in [6.07, 6.45) is 4.54. The highest BCUT2D eigenvalue weighted by molar-refractivity contribution is 5.55. The average molecular weight is 264 g/mol. The molecular weight excluding hydrogens is 240 g/mol. The van der Waals surface area contributed by atoms with Crippen molar-refractivity contribution < 1.29 is 10.2 Å². The second-order valence-electron chi connectivity index (χ2n) is 5.17. The number of nitrogens with one attached hydrogen (secondary N) is 1. The van der Waals surface area contributed by atoms with Crippen molar-refractivity contribution in [2.75, 3.05) is 36.5 Å². The molecule has 1 heterocycles. The molecule has 0 saturated carbocycles. The predicted octanol–water partition coefficient (Wildman–Crippen LogP) is 1.83. The monoisotopic (exact) mass is 264 g/mol. The molecule has 2 rings (SSSR count). The maximum absolute atomic E-state index is 9.29. The van der Waals surface area contributed by atoms with Crippen molar-refractivity contribution in [1.82, 2.24) is 0 Å². The third kappa shape index (κ3) is 4.40. The van der Waals surface area contributed by atoms with Crippen molar-refractivity contribution >= 4 is 11.4 Å². The van der Waals surface area contributed by atoms with Gasteiger partial charge in [-0.2, -0.15) is 0 Å². The first-order valence-corrected chi connectivity index (χ1v) is 7.17. The molecule has 0 radical (unpaired) electrons. The van der Waals surface area contributed by atoms with Gasteiger partial charge in [0.15, 0.2) is 0 Å².